The zero-order chi connectivity index (χ0) is 21.9. The Kier molecular flexibility index (Phi) is 5.44. The molecule has 0 aliphatic carbocycles. The first kappa shape index (κ1) is 20.0. The summed E-state index contributed by atoms with van der Waals surface area (Å²) in [6.45, 7) is 0.843. The number of hydrogen-bond acceptors (Lipinski definition) is 6. The molecule has 4 aromatic rings. The Balaban J connectivity index is 1.53. The van der Waals surface area contributed by atoms with Crippen LogP contribution in [0, 0.1) is 0 Å². The Bertz CT molecular complexity index is 1350. The van der Waals surface area contributed by atoms with E-state index >= 15 is 0 Å². The second-order valence-corrected chi connectivity index (χ2v) is 7.77. The van der Waals surface area contributed by atoms with Crippen LogP contribution in [-0.4, -0.2) is 35.7 Å². The van der Waals surface area contributed by atoms with Crippen molar-refractivity contribution >= 4 is 34.4 Å². The monoisotopic (exact) mass is 422 g/mol. The molecule has 32 heavy (non-hydrogen) atoms. The lowest BCUT2D eigenvalue weighted by molar-refractivity contribution is -0.121. The van der Waals surface area contributed by atoms with Crippen molar-refractivity contribution in [3.8, 4) is 11.4 Å². The summed E-state index contributed by atoms with van der Waals surface area (Å²) in [6.07, 6.45) is 2.22. The smallest absolute Gasteiger partial charge is 0.162 e. The Labute approximate surface area is 186 Å². The highest BCUT2D eigenvalue weighted by Crippen LogP contribution is 2.29. The van der Waals surface area contributed by atoms with E-state index in [1.165, 1.54) is 12.7 Å². The highest BCUT2D eigenvalue weighted by atomic mass is 16.5. The molecule has 1 aliphatic rings. The van der Waals surface area contributed by atoms with Gasteiger partial charge in [0.15, 0.2) is 11.6 Å². The molecule has 6 nitrogen and oxygen atoms in total. The fraction of sp³-hybridized carbons (Fsp3) is 0.154. The summed E-state index contributed by atoms with van der Waals surface area (Å²) in [7, 11) is 1.53. The molecule has 6 heteroatoms. The van der Waals surface area contributed by atoms with Crippen molar-refractivity contribution in [1.29, 1.82) is 0 Å². The predicted molar refractivity (Wildman–Crippen MR) is 127 cm³/mol. The lowest BCUT2D eigenvalue weighted by atomic mass is 10.1. The third-order valence-corrected chi connectivity index (χ3v) is 5.40. The summed E-state index contributed by atoms with van der Waals surface area (Å²) in [5.41, 5.74) is 5.93. The van der Waals surface area contributed by atoms with Crippen LogP contribution in [0.5, 0.6) is 0 Å². The SMILES string of the molecule is COCC(=O)Cc1cccc(-c2nc(Nc3ccc4c(c3)C=NC4)c3ccccc3n2)c1. The van der Waals surface area contributed by atoms with Gasteiger partial charge in [-0.25, -0.2) is 9.97 Å². The number of para-hydroxylation sites is 1. The molecular weight excluding hydrogens is 400 g/mol. The highest BCUT2D eigenvalue weighted by molar-refractivity contribution is 5.93. The first-order chi connectivity index (χ1) is 15.7. The zero-order valence-electron chi connectivity index (χ0n) is 17.7. The molecule has 0 bridgehead atoms. The maximum atomic E-state index is 12.0. The van der Waals surface area contributed by atoms with E-state index in [1.807, 2.05) is 60.8 Å². The number of hydrogen-bond donors (Lipinski definition) is 1. The van der Waals surface area contributed by atoms with Crippen LogP contribution in [-0.2, 0) is 22.5 Å². The Morgan fingerprint density at radius 3 is 2.84 bits per heavy atom. The summed E-state index contributed by atoms with van der Waals surface area (Å²) in [5, 5.41) is 4.41. The normalized spacial score (nSPS) is 12.2. The standard InChI is InChI=1S/C26H22N4O2/c1-32-16-22(31)12-17-5-4-6-18(11-17)25-29-24-8-3-2-7-23(24)26(30-25)28-21-10-9-19-14-27-15-20(19)13-21/h2-11,13,15H,12,14,16H2,1H3,(H,28,29,30). The van der Waals surface area contributed by atoms with Crippen molar-refractivity contribution in [3.05, 3.63) is 83.4 Å². The lowest BCUT2D eigenvalue weighted by Gasteiger charge is -2.12. The second-order valence-electron chi connectivity index (χ2n) is 7.77. The number of fused-ring (bicyclic) bond motifs is 2. The minimum Gasteiger partial charge on any atom is -0.377 e. The average Bonchev–Trinajstić information content (AvgIpc) is 3.27. The molecule has 0 saturated heterocycles. The summed E-state index contributed by atoms with van der Waals surface area (Å²) in [6, 6.07) is 22.0. The Morgan fingerprint density at radius 1 is 1.03 bits per heavy atom. The molecule has 5 rings (SSSR count). The summed E-state index contributed by atoms with van der Waals surface area (Å²) >= 11 is 0. The van der Waals surface area contributed by atoms with E-state index in [0.717, 1.165) is 45.6 Å². The molecule has 0 fully saturated rings. The fourth-order valence-corrected chi connectivity index (χ4v) is 3.88. The van der Waals surface area contributed by atoms with Gasteiger partial charge in [-0.05, 0) is 47.0 Å². The molecule has 1 aromatic heterocycles. The van der Waals surface area contributed by atoms with Crippen molar-refractivity contribution in [2.75, 3.05) is 19.0 Å². The fourth-order valence-electron chi connectivity index (χ4n) is 3.88. The van der Waals surface area contributed by atoms with Gasteiger partial charge in [-0.1, -0.05) is 36.4 Å². The van der Waals surface area contributed by atoms with Crippen LogP contribution >= 0.6 is 0 Å². The average molecular weight is 422 g/mol. The molecule has 0 saturated carbocycles. The van der Waals surface area contributed by atoms with Crippen LogP contribution in [0.15, 0.2) is 71.7 Å². The van der Waals surface area contributed by atoms with E-state index in [0.29, 0.717) is 12.2 Å². The lowest BCUT2D eigenvalue weighted by Crippen LogP contribution is -2.09. The number of carbonyl (C=O) groups excluding carboxylic acids is 1. The number of rotatable bonds is 7. The zero-order valence-corrected chi connectivity index (χ0v) is 17.7. The predicted octanol–water partition coefficient (Wildman–Crippen LogP) is 4.73. The molecule has 2 heterocycles. The second kappa shape index (κ2) is 8.69. The number of benzene rings is 3. The van der Waals surface area contributed by atoms with Crippen LogP contribution in [0.3, 0.4) is 0 Å². The van der Waals surface area contributed by atoms with Gasteiger partial charge in [-0.3, -0.25) is 9.79 Å². The summed E-state index contributed by atoms with van der Waals surface area (Å²) < 4.78 is 4.95. The van der Waals surface area contributed by atoms with Crippen molar-refractivity contribution < 1.29 is 9.53 Å². The molecule has 0 spiro atoms. The summed E-state index contributed by atoms with van der Waals surface area (Å²) in [4.78, 5) is 26.0. The quantitative estimate of drug-likeness (QED) is 0.466. The number of ketones is 1. The molecule has 0 atom stereocenters. The molecule has 0 amide bonds. The first-order valence-corrected chi connectivity index (χ1v) is 10.5. The molecule has 1 N–H and O–H groups in total. The van der Waals surface area contributed by atoms with Crippen LogP contribution in [0.2, 0.25) is 0 Å². The van der Waals surface area contributed by atoms with E-state index < -0.39 is 0 Å². The van der Waals surface area contributed by atoms with Gasteiger partial charge < -0.3 is 10.1 Å². The molecule has 1 aliphatic heterocycles. The van der Waals surface area contributed by atoms with Crippen LogP contribution < -0.4 is 5.32 Å². The van der Waals surface area contributed by atoms with Crippen molar-refractivity contribution in [1.82, 2.24) is 9.97 Å². The summed E-state index contributed by atoms with van der Waals surface area (Å²) in [5.74, 6) is 1.38. The van der Waals surface area contributed by atoms with E-state index in [4.69, 9.17) is 14.7 Å². The van der Waals surface area contributed by atoms with Crippen molar-refractivity contribution in [3.63, 3.8) is 0 Å². The number of Topliss-reactive ketones (excluding diaryl/α,β-unsaturated/α-hetero) is 1. The molecule has 158 valence electrons. The van der Waals surface area contributed by atoms with Gasteiger partial charge in [-0.15, -0.1) is 0 Å². The molecule has 3 aromatic carbocycles. The minimum atomic E-state index is 0.0339. The maximum absolute atomic E-state index is 12.0. The highest BCUT2D eigenvalue weighted by Gasteiger charge is 2.13. The van der Waals surface area contributed by atoms with Crippen LogP contribution in [0.1, 0.15) is 16.7 Å². The molecule has 0 radical (unpaired) electrons. The van der Waals surface area contributed by atoms with Gasteiger partial charge in [0.1, 0.15) is 12.4 Å². The van der Waals surface area contributed by atoms with E-state index in [1.54, 1.807) is 0 Å². The van der Waals surface area contributed by atoms with Gasteiger partial charge in [-0.2, -0.15) is 0 Å². The number of aromatic nitrogens is 2. The van der Waals surface area contributed by atoms with Gasteiger partial charge >= 0.3 is 0 Å². The first-order valence-electron chi connectivity index (χ1n) is 10.5. The van der Waals surface area contributed by atoms with Crippen molar-refractivity contribution in [2.45, 2.75) is 13.0 Å². The number of anilines is 2. The van der Waals surface area contributed by atoms with Crippen LogP contribution in [0.25, 0.3) is 22.3 Å². The molecular formula is C26H22N4O2. The minimum absolute atomic E-state index is 0.0339. The maximum Gasteiger partial charge on any atom is 0.162 e. The third-order valence-electron chi connectivity index (χ3n) is 5.40. The number of methoxy groups -OCH3 is 1. The number of aliphatic imine (C=N–C) groups is 1. The Morgan fingerprint density at radius 2 is 1.94 bits per heavy atom. The largest absolute Gasteiger partial charge is 0.377 e. The number of nitrogens with zero attached hydrogens (tertiary/aromatic N) is 3. The number of ether oxygens (including phenoxy) is 1. The third kappa shape index (κ3) is 4.13. The van der Waals surface area contributed by atoms with Crippen LogP contribution in [0.4, 0.5) is 11.5 Å². The van der Waals surface area contributed by atoms with Gasteiger partial charge in [0.05, 0.1) is 12.1 Å². The van der Waals surface area contributed by atoms with E-state index in [-0.39, 0.29) is 12.4 Å². The Hall–Kier alpha value is -3.90. The van der Waals surface area contributed by atoms with Crippen molar-refractivity contribution in [2.24, 2.45) is 4.99 Å². The van der Waals surface area contributed by atoms with E-state index in [2.05, 4.69) is 22.4 Å². The van der Waals surface area contributed by atoms with Gasteiger partial charge in [0.2, 0.25) is 0 Å². The van der Waals surface area contributed by atoms with E-state index in [9.17, 15) is 4.79 Å². The van der Waals surface area contributed by atoms with Gasteiger partial charge in [0, 0.05) is 36.4 Å². The van der Waals surface area contributed by atoms with Gasteiger partial charge in [0.25, 0.3) is 0 Å². The topological polar surface area (TPSA) is 76.5 Å². The number of carbonyl (C=O) groups is 1. The molecule has 0 unspecified atom stereocenters. The number of nitrogens with one attached hydrogen (secondary N) is 1.